The van der Waals surface area contributed by atoms with Crippen LogP contribution >= 0.6 is 23.2 Å². The zero-order chi connectivity index (χ0) is 20.7. The van der Waals surface area contributed by atoms with Crippen molar-refractivity contribution >= 4 is 40.3 Å². The summed E-state index contributed by atoms with van der Waals surface area (Å²) in [5, 5.41) is 0.730. The highest BCUT2D eigenvalue weighted by molar-refractivity contribution is 6.36. The molecule has 10 heteroatoms. The van der Waals surface area contributed by atoms with Gasteiger partial charge in [-0.2, -0.15) is 0 Å². The van der Waals surface area contributed by atoms with E-state index in [1.807, 2.05) is 0 Å². The first-order chi connectivity index (χ1) is 13.9. The number of imidazole rings is 1. The third-order valence-corrected chi connectivity index (χ3v) is 4.82. The van der Waals surface area contributed by atoms with Crippen molar-refractivity contribution in [2.45, 2.75) is 0 Å². The Morgan fingerprint density at radius 3 is 2.48 bits per heavy atom. The molecule has 0 aliphatic heterocycles. The Morgan fingerprint density at radius 2 is 1.86 bits per heavy atom. The molecule has 146 valence electrons. The van der Waals surface area contributed by atoms with E-state index in [1.54, 1.807) is 43.5 Å². The molecule has 0 saturated heterocycles. The van der Waals surface area contributed by atoms with Gasteiger partial charge >= 0.3 is 5.69 Å². The lowest BCUT2D eigenvalue weighted by atomic mass is 10.2. The molecule has 0 fully saturated rings. The van der Waals surface area contributed by atoms with Crippen molar-refractivity contribution in [2.75, 3.05) is 7.11 Å². The summed E-state index contributed by atoms with van der Waals surface area (Å²) in [4.78, 5) is 35.9. The van der Waals surface area contributed by atoms with Crippen LogP contribution < -0.4 is 16.2 Å². The first-order valence-electron chi connectivity index (χ1n) is 8.31. The van der Waals surface area contributed by atoms with E-state index in [4.69, 9.17) is 33.7 Å². The number of hydrogen-bond acceptors (Lipinski definition) is 5. The summed E-state index contributed by atoms with van der Waals surface area (Å²) in [6.07, 6.45) is 0. The Balaban J connectivity index is 2.03. The van der Waals surface area contributed by atoms with E-state index in [-0.39, 0.29) is 22.7 Å². The molecule has 2 heterocycles. The van der Waals surface area contributed by atoms with Gasteiger partial charge in [0, 0.05) is 10.6 Å². The molecule has 29 heavy (non-hydrogen) atoms. The minimum atomic E-state index is -0.813. The topological polar surface area (TPSA) is 116 Å². The van der Waals surface area contributed by atoms with Gasteiger partial charge in [-0.1, -0.05) is 23.2 Å². The van der Waals surface area contributed by atoms with Crippen LogP contribution in [0.15, 0.2) is 47.3 Å². The van der Waals surface area contributed by atoms with E-state index >= 15 is 0 Å². The minimum Gasteiger partial charge on any atom is -0.497 e. The van der Waals surface area contributed by atoms with Gasteiger partial charge in [-0.3, -0.25) is 4.79 Å². The Hall–Kier alpha value is -3.36. The SMILES string of the molecule is COc1ccc(-n2c(=O)[nH]c3c(C(N)=O)nc(-c4ccc(Cl)cc4Cl)nc32)cc1. The largest absolute Gasteiger partial charge is 0.497 e. The number of methoxy groups -OCH3 is 1. The number of H-pyrrole nitrogens is 1. The number of hydrogen-bond donors (Lipinski definition) is 2. The maximum atomic E-state index is 12.6. The number of nitrogens with one attached hydrogen (secondary N) is 1. The number of carbonyl (C=O) groups excluding carboxylic acids is 1. The van der Waals surface area contributed by atoms with Gasteiger partial charge in [-0.05, 0) is 42.5 Å². The number of aromatic amines is 1. The van der Waals surface area contributed by atoms with E-state index in [0.717, 1.165) is 0 Å². The fourth-order valence-corrected chi connectivity index (χ4v) is 3.42. The number of amides is 1. The van der Waals surface area contributed by atoms with Crippen molar-refractivity contribution in [1.82, 2.24) is 19.5 Å². The van der Waals surface area contributed by atoms with Gasteiger partial charge in [0.15, 0.2) is 17.2 Å². The van der Waals surface area contributed by atoms with Crippen molar-refractivity contribution in [2.24, 2.45) is 5.73 Å². The predicted molar refractivity (Wildman–Crippen MR) is 110 cm³/mol. The molecular formula is C19H13Cl2N5O3. The van der Waals surface area contributed by atoms with Crippen LogP contribution in [0.5, 0.6) is 5.75 Å². The number of benzene rings is 2. The molecular weight excluding hydrogens is 417 g/mol. The van der Waals surface area contributed by atoms with Gasteiger partial charge in [0.2, 0.25) is 0 Å². The van der Waals surface area contributed by atoms with Gasteiger partial charge in [0.05, 0.1) is 17.8 Å². The highest BCUT2D eigenvalue weighted by Gasteiger charge is 2.21. The Morgan fingerprint density at radius 1 is 1.14 bits per heavy atom. The van der Waals surface area contributed by atoms with Crippen molar-refractivity contribution in [1.29, 1.82) is 0 Å². The number of aromatic nitrogens is 4. The first-order valence-corrected chi connectivity index (χ1v) is 9.07. The van der Waals surface area contributed by atoms with Crippen LogP contribution in [0, 0.1) is 0 Å². The zero-order valence-corrected chi connectivity index (χ0v) is 16.5. The number of halogens is 2. The van der Waals surface area contributed by atoms with Gasteiger partial charge in [0.1, 0.15) is 11.3 Å². The lowest BCUT2D eigenvalue weighted by Crippen LogP contribution is -2.15. The normalized spacial score (nSPS) is 11.0. The molecule has 0 spiro atoms. The van der Waals surface area contributed by atoms with Crippen molar-refractivity contribution in [3.63, 3.8) is 0 Å². The van der Waals surface area contributed by atoms with Gasteiger partial charge in [-0.15, -0.1) is 0 Å². The molecule has 2 aromatic carbocycles. The summed E-state index contributed by atoms with van der Waals surface area (Å²) in [5.41, 5.74) is 6.15. The number of fused-ring (bicyclic) bond motifs is 1. The monoisotopic (exact) mass is 429 g/mol. The highest BCUT2D eigenvalue weighted by atomic mass is 35.5. The van der Waals surface area contributed by atoms with Crippen LogP contribution in [-0.2, 0) is 0 Å². The maximum Gasteiger partial charge on any atom is 0.332 e. The summed E-state index contributed by atoms with van der Waals surface area (Å²) < 4.78 is 6.46. The smallest absolute Gasteiger partial charge is 0.332 e. The van der Waals surface area contributed by atoms with Crippen molar-refractivity contribution in [3.05, 3.63) is 68.7 Å². The lowest BCUT2D eigenvalue weighted by Gasteiger charge is -2.08. The van der Waals surface area contributed by atoms with Crippen LogP contribution in [-0.4, -0.2) is 32.5 Å². The number of carbonyl (C=O) groups is 1. The number of rotatable bonds is 4. The van der Waals surface area contributed by atoms with Crippen molar-refractivity contribution in [3.8, 4) is 22.8 Å². The molecule has 2 aromatic heterocycles. The van der Waals surface area contributed by atoms with Crippen LogP contribution in [0.3, 0.4) is 0 Å². The molecule has 4 aromatic rings. The fourth-order valence-electron chi connectivity index (χ4n) is 2.93. The van der Waals surface area contributed by atoms with E-state index in [9.17, 15) is 9.59 Å². The van der Waals surface area contributed by atoms with Crippen molar-refractivity contribution < 1.29 is 9.53 Å². The first kappa shape index (κ1) is 19.0. The Bertz CT molecular complexity index is 1310. The molecule has 0 bridgehead atoms. The average Bonchev–Trinajstić information content (AvgIpc) is 3.02. The van der Waals surface area contributed by atoms with E-state index < -0.39 is 11.6 Å². The van der Waals surface area contributed by atoms with Crippen LogP contribution in [0.1, 0.15) is 10.5 Å². The predicted octanol–water partition coefficient (Wildman–Crippen LogP) is 3.19. The van der Waals surface area contributed by atoms with Gasteiger partial charge in [-0.25, -0.2) is 19.3 Å². The molecule has 8 nitrogen and oxygen atoms in total. The molecule has 0 aliphatic carbocycles. The average molecular weight is 430 g/mol. The van der Waals surface area contributed by atoms with E-state index in [0.29, 0.717) is 27.0 Å². The second kappa shape index (κ2) is 7.23. The number of primary amides is 1. The molecule has 0 unspecified atom stereocenters. The van der Waals surface area contributed by atoms with Gasteiger partial charge < -0.3 is 15.5 Å². The van der Waals surface area contributed by atoms with Crippen LogP contribution in [0.25, 0.3) is 28.2 Å². The zero-order valence-electron chi connectivity index (χ0n) is 14.9. The third kappa shape index (κ3) is 3.32. The quantitative estimate of drug-likeness (QED) is 0.516. The number of nitrogens with two attached hydrogens (primary N) is 1. The Kier molecular flexibility index (Phi) is 4.73. The summed E-state index contributed by atoms with van der Waals surface area (Å²) in [6, 6.07) is 11.6. The summed E-state index contributed by atoms with van der Waals surface area (Å²) in [6.45, 7) is 0. The third-order valence-electron chi connectivity index (χ3n) is 4.27. The molecule has 0 atom stereocenters. The number of ether oxygens (including phenoxy) is 1. The summed E-state index contributed by atoms with van der Waals surface area (Å²) in [7, 11) is 1.54. The number of nitrogens with zero attached hydrogens (tertiary/aromatic N) is 3. The van der Waals surface area contributed by atoms with E-state index in [2.05, 4.69) is 15.0 Å². The van der Waals surface area contributed by atoms with Crippen LogP contribution in [0.4, 0.5) is 0 Å². The molecule has 3 N–H and O–H groups in total. The standard InChI is InChI=1S/C19H13Cl2N5O3/c1-29-11-5-3-10(4-6-11)26-18-15(24-19(26)28)14(16(22)27)23-17(25-18)12-7-2-9(20)8-13(12)21/h2-8H,1H3,(H2,22,27)(H,24,28). The van der Waals surface area contributed by atoms with E-state index in [1.165, 1.54) is 10.6 Å². The maximum absolute atomic E-state index is 12.6. The second-order valence-corrected chi connectivity index (χ2v) is 6.89. The second-order valence-electron chi connectivity index (χ2n) is 6.05. The fraction of sp³-hybridized carbons (Fsp3) is 0.0526. The molecule has 0 saturated carbocycles. The lowest BCUT2D eigenvalue weighted by molar-refractivity contribution is 0.0997. The Labute approximate surface area is 173 Å². The molecule has 0 aliphatic rings. The molecule has 1 amide bonds. The van der Waals surface area contributed by atoms with Gasteiger partial charge in [0.25, 0.3) is 5.91 Å². The van der Waals surface area contributed by atoms with Crippen LogP contribution in [0.2, 0.25) is 10.0 Å². The molecule has 4 rings (SSSR count). The summed E-state index contributed by atoms with van der Waals surface area (Å²) in [5.74, 6) is -0.0520. The summed E-state index contributed by atoms with van der Waals surface area (Å²) >= 11 is 12.2. The highest BCUT2D eigenvalue weighted by Crippen LogP contribution is 2.30. The molecule has 0 radical (unpaired) electrons. The minimum absolute atomic E-state index is 0.125.